The number of rotatable bonds is 3. The zero-order chi connectivity index (χ0) is 21.9. The summed E-state index contributed by atoms with van der Waals surface area (Å²) in [5, 5.41) is 31.4. The van der Waals surface area contributed by atoms with Crippen LogP contribution < -0.4 is 10.2 Å². The number of nitrogens with zero attached hydrogens (tertiary/aromatic N) is 2. The number of hydrogen-bond acceptors (Lipinski definition) is 6. The van der Waals surface area contributed by atoms with Gasteiger partial charge in [-0.1, -0.05) is 32.0 Å². The first-order chi connectivity index (χ1) is 14.8. The molecule has 1 spiro atoms. The van der Waals surface area contributed by atoms with Crippen molar-refractivity contribution in [3.05, 3.63) is 65.4 Å². The maximum atomic E-state index is 14.0. The van der Waals surface area contributed by atoms with Crippen molar-refractivity contribution < 1.29 is 19.4 Å². The lowest BCUT2D eigenvalue weighted by molar-refractivity contribution is -0.121. The number of fused-ring (bicyclic) bond motifs is 4. The summed E-state index contributed by atoms with van der Waals surface area (Å²) in [5.74, 6) is 0.636. The van der Waals surface area contributed by atoms with Gasteiger partial charge in [0.1, 0.15) is 11.2 Å². The molecule has 4 N–H and O–H groups in total. The Morgan fingerprint density at radius 2 is 1.97 bits per heavy atom. The fraction of sp³-hybridized carbons (Fsp3) is 0.261. The van der Waals surface area contributed by atoms with Crippen LogP contribution in [0.25, 0.3) is 0 Å². The molecular formula is C23H22N4O4. The van der Waals surface area contributed by atoms with E-state index >= 15 is 0 Å². The van der Waals surface area contributed by atoms with Gasteiger partial charge >= 0.3 is 0 Å². The number of oxazole rings is 1. The molecule has 31 heavy (non-hydrogen) atoms. The highest BCUT2D eigenvalue weighted by Crippen LogP contribution is 2.54. The van der Waals surface area contributed by atoms with Gasteiger partial charge in [0.15, 0.2) is 17.4 Å². The van der Waals surface area contributed by atoms with Gasteiger partial charge in [-0.15, -0.1) is 0 Å². The van der Waals surface area contributed by atoms with Crippen LogP contribution in [-0.2, 0) is 16.8 Å². The SMILES string of the molecule is CC(C)c1ncc(CN2C(=O)C3(CC(=N)Nc4cc(O)c(O)cc43)c3ccccc32)o1. The molecule has 0 bridgehead atoms. The lowest BCUT2D eigenvalue weighted by Crippen LogP contribution is -2.46. The van der Waals surface area contributed by atoms with E-state index in [9.17, 15) is 15.0 Å². The number of phenols is 2. The van der Waals surface area contributed by atoms with Gasteiger partial charge in [-0.05, 0) is 17.7 Å². The fourth-order valence-corrected chi connectivity index (χ4v) is 4.53. The highest BCUT2D eigenvalue weighted by atomic mass is 16.4. The number of aromatic nitrogens is 1. The van der Waals surface area contributed by atoms with Crippen LogP contribution in [-0.4, -0.2) is 26.9 Å². The van der Waals surface area contributed by atoms with E-state index in [1.54, 1.807) is 11.1 Å². The van der Waals surface area contributed by atoms with Gasteiger partial charge in [-0.3, -0.25) is 10.2 Å². The third-order valence-corrected chi connectivity index (χ3v) is 5.95. The standard InChI is InChI=1S/C23H22N4O4/c1-12(2)21-25-10-13(31-21)11-27-17-6-4-3-5-14(17)23(22(27)30)9-20(24)26-16-8-19(29)18(28)7-15(16)23/h3-8,10,12,28-29H,9,11H2,1-2H3,(H2,24,26). The number of nitrogens with one attached hydrogen (secondary N) is 2. The van der Waals surface area contributed by atoms with Gasteiger partial charge in [-0.25, -0.2) is 4.98 Å². The molecule has 0 aliphatic carbocycles. The number of amidine groups is 1. The molecule has 2 aliphatic heterocycles. The van der Waals surface area contributed by atoms with Crippen molar-refractivity contribution in [1.29, 1.82) is 5.41 Å². The molecule has 3 aromatic rings. The number of anilines is 2. The van der Waals surface area contributed by atoms with Crippen LogP contribution in [0.1, 0.15) is 49.0 Å². The Kier molecular flexibility index (Phi) is 4.08. The summed E-state index contributed by atoms with van der Waals surface area (Å²) in [6.45, 7) is 4.18. The van der Waals surface area contributed by atoms with Crippen LogP contribution in [0, 0.1) is 5.41 Å². The molecule has 1 unspecified atom stereocenters. The highest BCUT2D eigenvalue weighted by molar-refractivity contribution is 6.16. The van der Waals surface area contributed by atoms with E-state index in [2.05, 4.69) is 10.3 Å². The summed E-state index contributed by atoms with van der Waals surface area (Å²) < 4.78 is 5.84. The van der Waals surface area contributed by atoms with Crippen molar-refractivity contribution in [2.24, 2.45) is 0 Å². The maximum absolute atomic E-state index is 14.0. The van der Waals surface area contributed by atoms with Crippen LogP contribution in [0.4, 0.5) is 11.4 Å². The molecule has 0 saturated heterocycles. The van der Waals surface area contributed by atoms with Gasteiger partial charge in [-0.2, -0.15) is 0 Å². The lowest BCUT2D eigenvalue weighted by Gasteiger charge is -2.36. The minimum absolute atomic E-state index is 0.115. The molecule has 2 aliphatic rings. The monoisotopic (exact) mass is 418 g/mol. The van der Waals surface area contributed by atoms with Crippen molar-refractivity contribution in [2.45, 2.75) is 38.1 Å². The molecule has 0 radical (unpaired) electrons. The zero-order valence-corrected chi connectivity index (χ0v) is 17.1. The molecule has 8 heteroatoms. The molecule has 8 nitrogen and oxygen atoms in total. The second kappa shape index (κ2) is 6.60. The van der Waals surface area contributed by atoms with Gasteiger partial charge in [0.25, 0.3) is 0 Å². The molecule has 5 rings (SSSR count). The maximum Gasteiger partial charge on any atom is 0.243 e. The first-order valence-electron chi connectivity index (χ1n) is 10.1. The Labute approximate surface area is 178 Å². The van der Waals surface area contributed by atoms with Gasteiger partial charge in [0.05, 0.1) is 18.6 Å². The topological polar surface area (TPSA) is 123 Å². The first-order valence-corrected chi connectivity index (χ1v) is 10.1. The lowest BCUT2D eigenvalue weighted by atomic mass is 9.70. The third kappa shape index (κ3) is 2.71. The number of amides is 1. The van der Waals surface area contributed by atoms with E-state index in [-0.39, 0.29) is 42.1 Å². The van der Waals surface area contributed by atoms with Crippen LogP contribution in [0.2, 0.25) is 0 Å². The third-order valence-electron chi connectivity index (χ3n) is 5.95. The van der Waals surface area contributed by atoms with E-state index in [1.807, 2.05) is 38.1 Å². The fourth-order valence-electron chi connectivity index (χ4n) is 4.53. The number of aromatic hydroxyl groups is 2. The second-order valence-corrected chi connectivity index (χ2v) is 8.30. The predicted molar refractivity (Wildman–Crippen MR) is 115 cm³/mol. The van der Waals surface area contributed by atoms with Crippen molar-refractivity contribution in [3.63, 3.8) is 0 Å². The summed E-state index contributed by atoms with van der Waals surface area (Å²) >= 11 is 0. The van der Waals surface area contributed by atoms with Crippen molar-refractivity contribution in [1.82, 2.24) is 4.98 Å². The second-order valence-electron chi connectivity index (χ2n) is 8.30. The van der Waals surface area contributed by atoms with Crippen LogP contribution >= 0.6 is 0 Å². The number of para-hydroxylation sites is 1. The smallest absolute Gasteiger partial charge is 0.243 e. The average molecular weight is 418 g/mol. The zero-order valence-electron chi connectivity index (χ0n) is 17.1. The van der Waals surface area contributed by atoms with Gasteiger partial charge < -0.3 is 24.8 Å². The minimum Gasteiger partial charge on any atom is -0.504 e. The Morgan fingerprint density at radius 3 is 2.71 bits per heavy atom. The molecule has 1 amide bonds. The average Bonchev–Trinajstić information content (AvgIpc) is 3.29. The van der Waals surface area contributed by atoms with E-state index in [4.69, 9.17) is 9.83 Å². The Morgan fingerprint density at radius 1 is 1.23 bits per heavy atom. The number of benzene rings is 2. The molecule has 0 saturated carbocycles. The molecule has 1 atom stereocenters. The molecule has 3 heterocycles. The van der Waals surface area contributed by atoms with E-state index in [0.717, 1.165) is 11.3 Å². The summed E-state index contributed by atoms with van der Waals surface area (Å²) in [6.07, 6.45) is 1.75. The van der Waals surface area contributed by atoms with Crippen molar-refractivity contribution in [3.8, 4) is 11.5 Å². The summed E-state index contributed by atoms with van der Waals surface area (Å²) in [4.78, 5) is 19.9. The van der Waals surface area contributed by atoms with Crippen LogP contribution in [0.5, 0.6) is 11.5 Å². The molecule has 158 valence electrons. The van der Waals surface area contributed by atoms with E-state index in [1.165, 1.54) is 12.1 Å². The molecular weight excluding hydrogens is 396 g/mol. The molecule has 0 fully saturated rings. The normalized spacial score (nSPS) is 19.6. The summed E-state index contributed by atoms with van der Waals surface area (Å²) in [7, 11) is 0. The van der Waals surface area contributed by atoms with E-state index < -0.39 is 5.41 Å². The van der Waals surface area contributed by atoms with Crippen molar-refractivity contribution in [2.75, 3.05) is 10.2 Å². The Hall–Kier alpha value is -3.81. The summed E-state index contributed by atoms with van der Waals surface area (Å²) in [5.41, 5.74) is 1.25. The number of phenolic OH excluding ortho intramolecular Hbond substituents is 2. The quantitative estimate of drug-likeness (QED) is 0.379. The Balaban J connectivity index is 1.67. The molecule has 1 aromatic heterocycles. The summed E-state index contributed by atoms with van der Waals surface area (Å²) in [6, 6.07) is 10.2. The highest BCUT2D eigenvalue weighted by Gasteiger charge is 2.55. The van der Waals surface area contributed by atoms with Crippen molar-refractivity contribution >= 4 is 23.1 Å². The van der Waals surface area contributed by atoms with Crippen LogP contribution in [0.15, 0.2) is 47.0 Å². The van der Waals surface area contributed by atoms with E-state index in [0.29, 0.717) is 22.9 Å². The number of hydrogen-bond donors (Lipinski definition) is 4. The Bertz CT molecular complexity index is 1230. The number of carbonyl (C=O) groups is 1. The van der Waals surface area contributed by atoms with Gasteiger partial charge in [0.2, 0.25) is 5.91 Å². The predicted octanol–water partition coefficient (Wildman–Crippen LogP) is 3.83. The largest absolute Gasteiger partial charge is 0.504 e. The van der Waals surface area contributed by atoms with Gasteiger partial charge in [0, 0.05) is 35.3 Å². The first kappa shape index (κ1) is 19.2. The number of carbonyl (C=O) groups excluding carboxylic acids is 1. The van der Waals surface area contributed by atoms with Crippen LogP contribution in [0.3, 0.4) is 0 Å². The molecule has 2 aromatic carbocycles. The minimum atomic E-state index is -1.18.